The fraction of sp³-hybridized carbons (Fsp3) is 0.357. The number of hydrogen-bond acceptors (Lipinski definition) is 4. The molecule has 0 radical (unpaired) electrons. The Hall–Kier alpha value is -1.92. The number of likely N-dealkylation sites (tertiary alicyclic amines) is 1. The fourth-order valence-corrected chi connectivity index (χ4v) is 2.58. The van der Waals surface area contributed by atoms with Crippen molar-refractivity contribution >= 4 is 18.4 Å². The number of para-hydroxylation sites is 1. The second-order valence-electron chi connectivity index (χ2n) is 4.96. The monoisotopic (exact) mass is 308 g/mol. The maximum absolute atomic E-state index is 11.1. The number of rotatable bonds is 4. The van der Waals surface area contributed by atoms with Crippen molar-refractivity contribution in [1.82, 2.24) is 19.9 Å². The van der Waals surface area contributed by atoms with Gasteiger partial charge in [-0.3, -0.25) is 9.69 Å². The van der Waals surface area contributed by atoms with Crippen LogP contribution in [0.2, 0.25) is 0 Å². The first-order valence-electron chi connectivity index (χ1n) is 6.67. The van der Waals surface area contributed by atoms with Gasteiger partial charge in [0.15, 0.2) is 0 Å². The van der Waals surface area contributed by atoms with E-state index >= 15 is 0 Å². The van der Waals surface area contributed by atoms with Gasteiger partial charge < -0.3 is 5.11 Å². The molecule has 6 nitrogen and oxygen atoms in total. The number of halogens is 1. The van der Waals surface area contributed by atoms with Crippen molar-refractivity contribution in [2.45, 2.75) is 25.4 Å². The number of nitrogens with zero attached hydrogens (tertiary/aromatic N) is 4. The smallest absolute Gasteiger partial charge is 0.320 e. The van der Waals surface area contributed by atoms with Crippen LogP contribution in [0.1, 0.15) is 18.5 Å². The second-order valence-corrected chi connectivity index (χ2v) is 4.96. The van der Waals surface area contributed by atoms with E-state index in [4.69, 9.17) is 5.11 Å². The molecule has 1 saturated heterocycles. The standard InChI is InChI=1S/C14H16N4O2.ClH/c19-14(20)13-7-4-8-17(13)9-11-10-18(16-15-11)12-5-2-1-3-6-12;/h1-3,5-6,10,13H,4,7-9H2,(H,19,20);1H. The number of carboxylic acid groups (broad SMARTS) is 1. The zero-order valence-electron chi connectivity index (χ0n) is 11.4. The van der Waals surface area contributed by atoms with E-state index in [2.05, 4.69) is 10.3 Å². The van der Waals surface area contributed by atoms with E-state index in [1.54, 1.807) is 4.68 Å². The maximum atomic E-state index is 11.1. The number of aliphatic carboxylic acids is 1. The van der Waals surface area contributed by atoms with Crippen molar-refractivity contribution in [3.63, 3.8) is 0 Å². The average molecular weight is 309 g/mol. The highest BCUT2D eigenvalue weighted by Crippen LogP contribution is 2.19. The second kappa shape index (κ2) is 6.69. The third-order valence-corrected chi connectivity index (χ3v) is 3.58. The lowest BCUT2D eigenvalue weighted by molar-refractivity contribution is -0.142. The van der Waals surface area contributed by atoms with Gasteiger partial charge >= 0.3 is 5.97 Å². The zero-order chi connectivity index (χ0) is 13.9. The molecular weight excluding hydrogens is 292 g/mol. The van der Waals surface area contributed by atoms with Gasteiger partial charge in [-0.2, -0.15) is 0 Å². The van der Waals surface area contributed by atoms with E-state index < -0.39 is 12.0 Å². The summed E-state index contributed by atoms with van der Waals surface area (Å²) in [6.45, 7) is 1.33. The van der Waals surface area contributed by atoms with Crippen LogP contribution in [0.5, 0.6) is 0 Å². The summed E-state index contributed by atoms with van der Waals surface area (Å²) in [5.41, 5.74) is 1.74. The zero-order valence-corrected chi connectivity index (χ0v) is 12.2. The number of carboxylic acids is 1. The summed E-state index contributed by atoms with van der Waals surface area (Å²) in [5, 5.41) is 17.4. The van der Waals surface area contributed by atoms with Crippen molar-refractivity contribution in [2.75, 3.05) is 6.54 Å². The lowest BCUT2D eigenvalue weighted by atomic mass is 10.2. The molecule has 0 aliphatic carbocycles. The number of carbonyl (C=O) groups is 1. The molecular formula is C14H17ClN4O2. The van der Waals surface area contributed by atoms with E-state index in [0.717, 1.165) is 24.3 Å². The molecule has 7 heteroatoms. The van der Waals surface area contributed by atoms with Gasteiger partial charge in [0.05, 0.1) is 17.6 Å². The van der Waals surface area contributed by atoms with Gasteiger partial charge in [0.25, 0.3) is 0 Å². The molecule has 0 spiro atoms. The molecule has 0 saturated carbocycles. The summed E-state index contributed by atoms with van der Waals surface area (Å²) in [5.74, 6) is -0.752. The summed E-state index contributed by atoms with van der Waals surface area (Å²) >= 11 is 0. The molecule has 3 rings (SSSR count). The third-order valence-electron chi connectivity index (χ3n) is 3.58. The van der Waals surface area contributed by atoms with Crippen LogP contribution in [-0.4, -0.2) is 43.6 Å². The Morgan fingerprint density at radius 3 is 2.81 bits per heavy atom. The Bertz CT molecular complexity index is 602. The molecule has 2 aromatic rings. The lowest BCUT2D eigenvalue weighted by Crippen LogP contribution is -2.35. The van der Waals surface area contributed by atoms with Crippen molar-refractivity contribution in [3.8, 4) is 5.69 Å². The Kier molecular flexibility index (Phi) is 4.93. The van der Waals surface area contributed by atoms with Gasteiger partial charge in [-0.1, -0.05) is 23.4 Å². The largest absolute Gasteiger partial charge is 0.480 e. The molecule has 1 unspecified atom stereocenters. The summed E-state index contributed by atoms with van der Waals surface area (Å²) in [6, 6.07) is 9.35. The highest BCUT2D eigenvalue weighted by molar-refractivity contribution is 5.85. The van der Waals surface area contributed by atoms with Crippen LogP contribution < -0.4 is 0 Å². The molecule has 0 amide bonds. The Morgan fingerprint density at radius 2 is 2.10 bits per heavy atom. The van der Waals surface area contributed by atoms with Crippen molar-refractivity contribution in [3.05, 3.63) is 42.2 Å². The highest BCUT2D eigenvalue weighted by Gasteiger charge is 2.30. The lowest BCUT2D eigenvalue weighted by Gasteiger charge is -2.19. The molecule has 0 bridgehead atoms. The molecule has 1 fully saturated rings. The Labute approximate surface area is 128 Å². The van der Waals surface area contributed by atoms with Gasteiger partial charge in [0.1, 0.15) is 6.04 Å². The SMILES string of the molecule is Cl.O=C(O)C1CCCN1Cc1cn(-c2ccccc2)nn1. The number of benzene rings is 1. The molecule has 112 valence electrons. The van der Waals surface area contributed by atoms with Crippen LogP contribution in [0.25, 0.3) is 5.69 Å². The van der Waals surface area contributed by atoms with E-state index in [1.807, 2.05) is 41.4 Å². The molecule has 1 aromatic carbocycles. The third kappa shape index (κ3) is 3.40. The van der Waals surface area contributed by atoms with E-state index in [-0.39, 0.29) is 12.4 Å². The fourth-order valence-electron chi connectivity index (χ4n) is 2.58. The summed E-state index contributed by atoms with van der Waals surface area (Å²) in [7, 11) is 0. The van der Waals surface area contributed by atoms with Gasteiger partial charge in [0, 0.05) is 6.54 Å². The summed E-state index contributed by atoms with van der Waals surface area (Å²) in [4.78, 5) is 13.1. The maximum Gasteiger partial charge on any atom is 0.320 e. The minimum Gasteiger partial charge on any atom is -0.480 e. The van der Waals surface area contributed by atoms with Crippen LogP contribution >= 0.6 is 12.4 Å². The van der Waals surface area contributed by atoms with Crippen LogP contribution in [-0.2, 0) is 11.3 Å². The Morgan fingerprint density at radius 1 is 1.33 bits per heavy atom. The van der Waals surface area contributed by atoms with Gasteiger partial charge in [-0.05, 0) is 31.5 Å². The van der Waals surface area contributed by atoms with Gasteiger partial charge in [-0.15, -0.1) is 17.5 Å². The highest BCUT2D eigenvalue weighted by atomic mass is 35.5. The normalized spacial score (nSPS) is 18.4. The molecule has 1 N–H and O–H groups in total. The molecule has 1 atom stereocenters. The van der Waals surface area contributed by atoms with Gasteiger partial charge in [-0.25, -0.2) is 4.68 Å². The van der Waals surface area contributed by atoms with Crippen LogP contribution in [0.3, 0.4) is 0 Å². The predicted octanol–water partition coefficient (Wildman–Crippen LogP) is 1.74. The molecule has 2 heterocycles. The summed E-state index contributed by atoms with van der Waals surface area (Å²) < 4.78 is 1.71. The molecule has 1 aliphatic rings. The number of hydrogen-bond donors (Lipinski definition) is 1. The van der Waals surface area contributed by atoms with Gasteiger partial charge in [0.2, 0.25) is 0 Å². The van der Waals surface area contributed by atoms with Crippen molar-refractivity contribution < 1.29 is 9.90 Å². The van der Waals surface area contributed by atoms with Crippen molar-refractivity contribution in [2.24, 2.45) is 0 Å². The first-order chi connectivity index (χ1) is 9.74. The van der Waals surface area contributed by atoms with E-state index in [9.17, 15) is 4.79 Å². The minimum atomic E-state index is -0.752. The van der Waals surface area contributed by atoms with Crippen LogP contribution in [0, 0.1) is 0 Å². The quantitative estimate of drug-likeness (QED) is 0.931. The Balaban J connectivity index is 0.00000161. The molecule has 1 aliphatic heterocycles. The van der Waals surface area contributed by atoms with E-state index in [0.29, 0.717) is 13.0 Å². The first-order valence-corrected chi connectivity index (χ1v) is 6.67. The van der Waals surface area contributed by atoms with Crippen molar-refractivity contribution in [1.29, 1.82) is 0 Å². The topological polar surface area (TPSA) is 71.2 Å². The van der Waals surface area contributed by atoms with Crippen LogP contribution in [0.15, 0.2) is 36.5 Å². The average Bonchev–Trinajstić information content (AvgIpc) is 3.09. The summed E-state index contributed by atoms with van der Waals surface area (Å²) in [6.07, 6.45) is 3.48. The first kappa shape index (κ1) is 15.5. The van der Waals surface area contributed by atoms with Crippen LogP contribution in [0.4, 0.5) is 0 Å². The number of aromatic nitrogens is 3. The molecule has 1 aromatic heterocycles. The minimum absolute atomic E-state index is 0. The molecule has 21 heavy (non-hydrogen) atoms. The van der Waals surface area contributed by atoms with E-state index in [1.165, 1.54) is 0 Å². The predicted molar refractivity (Wildman–Crippen MR) is 79.7 cm³/mol.